The summed E-state index contributed by atoms with van der Waals surface area (Å²) in [4.78, 5) is 2.32. The number of rotatable bonds is 4. The summed E-state index contributed by atoms with van der Waals surface area (Å²) in [6.45, 7) is 7.31. The Hall–Kier alpha value is -0.960. The molecule has 112 valence electrons. The second-order valence-corrected chi connectivity index (χ2v) is 7.63. The lowest BCUT2D eigenvalue weighted by Crippen LogP contribution is -2.10. The standard InChI is InChI=1S/C18H22ClNS/c1-18(2,3)14-7-9-15(10-8-14)21-17-13(11-12-20)5-4-6-16(17)19/h4-10H,11-12,20H2,1-3H3. The maximum atomic E-state index is 6.36. The van der Waals surface area contributed by atoms with Crippen LogP contribution in [0.1, 0.15) is 31.9 Å². The molecule has 3 heteroatoms. The SMILES string of the molecule is CC(C)(C)c1ccc(Sc2c(Cl)cccc2CCN)cc1. The highest BCUT2D eigenvalue weighted by atomic mass is 35.5. The molecule has 0 aromatic heterocycles. The molecule has 0 unspecified atom stereocenters. The molecule has 0 aliphatic rings. The van der Waals surface area contributed by atoms with Gasteiger partial charge in [0.2, 0.25) is 0 Å². The van der Waals surface area contributed by atoms with Gasteiger partial charge in [0.15, 0.2) is 0 Å². The number of hydrogen-bond acceptors (Lipinski definition) is 2. The summed E-state index contributed by atoms with van der Waals surface area (Å²) in [6, 6.07) is 14.8. The van der Waals surface area contributed by atoms with Gasteiger partial charge in [-0.3, -0.25) is 0 Å². The molecule has 0 spiro atoms. The van der Waals surface area contributed by atoms with E-state index in [0.717, 1.165) is 16.3 Å². The van der Waals surface area contributed by atoms with Crippen LogP contribution in [-0.4, -0.2) is 6.54 Å². The van der Waals surface area contributed by atoms with Gasteiger partial charge in [0.25, 0.3) is 0 Å². The Morgan fingerprint density at radius 2 is 1.71 bits per heavy atom. The fraction of sp³-hybridized carbons (Fsp3) is 0.333. The van der Waals surface area contributed by atoms with Crippen LogP contribution in [0.4, 0.5) is 0 Å². The van der Waals surface area contributed by atoms with Crippen molar-refractivity contribution in [2.45, 2.75) is 42.4 Å². The van der Waals surface area contributed by atoms with Crippen molar-refractivity contribution < 1.29 is 0 Å². The maximum absolute atomic E-state index is 6.36. The molecule has 0 bridgehead atoms. The molecule has 21 heavy (non-hydrogen) atoms. The Morgan fingerprint density at radius 3 is 2.29 bits per heavy atom. The summed E-state index contributed by atoms with van der Waals surface area (Å²) in [7, 11) is 0. The quantitative estimate of drug-likeness (QED) is 0.828. The molecule has 0 radical (unpaired) electrons. The third-order valence-corrected chi connectivity index (χ3v) is 5.02. The lowest BCUT2D eigenvalue weighted by Gasteiger charge is -2.19. The highest BCUT2D eigenvalue weighted by Crippen LogP contribution is 2.37. The summed E-state index contributed by atoms with van der Waals surface area (Å²) < 4.78 is 0. The van der Waals surface area contributed by atoms with E-state index in [4.69, 9.17) is 17.3 Å². The molecule has 2 rings (SSSR count). The van der Waals surface area contributed by atoms with Crippen molar-refractivity contribution in [2.24, 2.45) is 5.73 Å². The van der Waals surface area contributed by atoms with Gasteiger partial charge in [-0.05, 0) is 47.7 Å². The molecule has 0 aliphatic heterocycles. The van der Waals surface area contributed by atoms with E-state index in [0.29, 0.717) is 6.54 Å². The largest absolute Gasteiger partial charge is 0.330 e. The summed E-state index contributed by atoms with van der Waals surface area (Å²) in [5.41, 5.74) is 8.43. The van der Waals surface area contributed by atoms with Gasteiger partial charge in [0.05, 0.1) is 5.02 Å². The van der Waals surface area contributed by atoms with Crippen LogP contribution in [0.2, 0.25) is 5.02 Å². The van der Waals surface area contributed by atoms with Gasteiger partial charge in [-0.1, -0.05) is 68.4 Å². The van der Waals surface area contributed by atoms with Gasteiger partial charge >= 0.3 is 0 Å². The molecule has 0 aliphatic carbocycles. The summed E-state index contributed by atoms with van der Waals surface area (Å²) in [5.74, 6) is 0. The number of benzene rings is 2. The summed E-state index contributed by atoms with van der Waals surface area (Å²) in [6.07, 6.45) is 0.850. The number of nitrogens with two attached hydrogens (primary N) is 1. The first kappa shape index (κ1) is 16.4. The van der Waals surface area contributed by atoms with Crippen molar-refractivity contribution in [3.63, 3.8) is 0 Å². The molecule has 0 fully saturated rings. The minimum Gasteiger partial charge on any atom is -0.330 e. The molecule has 0 saturated heterocycles. The minimum atomic E-state index is 0.179. The molecule has 2 N–H and O–H groups in total. The maximum Gasteiger partial charge on any atom is 0.0548 e. The van der Waals surface area contributed by atoms with Gasteiger partial charge < -0.3 is 5.73 Å². The third-order valence-electron chi connectivity index (χ3n) is 3.40. The van der Waals surface area contributed by atoms with Crippen LogP contribution in [0.3, 0.4) is 0 Å². The van der Waals surface area contributed by atoms with Crippen molar-refractivity contribution in [1.29, 1.82) is 0 Å². The molecule has 0 amide bonds. The highest BCUT2D eigenvalue weighted by molar-refractivity contribution is 7.99. The van der Waals surface area contributed by atoms with E-state index in [1.54, 1.807) is 11.8 Å². The highest BCUT2D eigenvalue weighted by Gasteiger charge is 2.14. The monoisotopic (exact) mass is 319 g/mol. The first-order valence-electron chi connectivity index (χ1n) is 7.17. The smallest absolute Gasteiger partial charge is 0.0548 e. The summed E-state index contributed by atoms with van der Waals surface area (Å²) >= 11 is 8.07. The number of halogens is 1. The average molecular weight is 320 g/mol. The predicted octanol–water partition coefficient (Wildman–Crippen LogP) is 5.29. The second-order valence-electron chi connectivity index (χ2n) is 6.14. The topological polar surface area (TPSA) is 26.0 Å². The van der Waals surface area contributed by atoms with Crippen molar-refractivity contribution in [1.82, 2.24) is 0 Å². The summed E-state index contributed by atoms with van der Waals surface area (Å²) in [5, 5.41) is 0.797. The van der Waals surface area contributed by atoms with Gasteiger partial charge in [0.1, 0.15) is 0 Å². The zero-order valence-electron chi connectivity index (χ0n) is 12.8. The molecular formula is C18H22ClNS. The average Bonchev–Trinajstić information content (AvgIpc) is 2.42. The second kappa shape index (κ2) is 6.87. The molecule has 1 nitrogen and oxygen atoms in total. The molecule has 2 aromatic carbocycles. The Balaban J connectivity index is 2.26. The van der Waals surface area contributed by atoms with Gasteiger partial charge in [-0.15, -0.1) is 0 Å². The fourth-order valence-electron chi connectivity index (χ4n) is 2.16. The first-order chi connectivity index (χ1) is 9.91. The van der Waals surface area contributed by atoms with Gasteiger partial charge in [0, 0.05) is 9.79 Å². The van der Waals surface area contributed by atoms with E-state index in [1.807, 2.05) is 12.1 Å². The molecular weight excluding hydrogens is 298 g/mol. The lowest BCUT2D eigenvalue weighted by molar-refractivity contribution is 0.590. The van der Waals surface area contributed by atoms with Crippen LogP contribution in [-0.2, 0) is 11.8 Å². The van der Waals surface area contributed by atoms with E-state index in [1.165, 1.54) is 16.0 Å². The minimum absolute atomic E-state index is 0.179. The molecule has 0 heterocycles. The van der Waals surface area contributed by atoms with Crippen molar-refractivity contribution in [3.8, 4) is 0 Å². The molecule has 0 atom stereocenters. The lowest BCUT2D eigenvalue weighted by atomic mass is 9.87. The van der Waals surface area contributed by atoms with Crippen LogP contribution in [0.25, 0.3) is 0 Å². The van der Waals surface area contributed by atoms with E-state index in [-0.39, 0.29) is 5.41 Å². The van der Waals surface area contributed by atoms with Crippen LogP contribution < -0.4 is 5.73 Å². The third kappa shape index (κ3) is 4.26. The van der Waals surface area contributed by atoms with Crippen molar-refractivity contribution in [2.75, 3.05) is 6.54 Å². The van der Waals surface area contributed by atoms with Crippen LogP contribution in [0, 0.1) is 0 Å². The normalized spacial score (nSPS) is 11.7. The molecule has 2 aromatic rings. The van der Waals surface area contributed by atoms with Crippen LogP contribution in [0.5, 0.6) is 0 Å². The Morgan fingerprint density at radius 1 is 1.05 bits per heavy atom. The van der Waals surface area contributed by atoms with Gasteiger partial charge in [-0.2, -0.15) is 0 Å². The Kier molecular flexibility index (Phi) is 5.37. The Labute approximate surface area is 136 Å². The molecule has 0 saturated carbocycles. The van der Waals surface area contributed by atoms with E-state index >= 15 is 0 Å². The Bertz CT molecular complexity index is 600. The zero-order chi connectivity index (χ0) is 15.5. The zero-order valence-corrected chi connectivity index (χ0v) is 14.4. The predicted molar refractivity (Wildman–Crippen MR) is 93.5 cm³/mol. The van der Waals surface area contributed by atoms with E-state index in [2.05, 4.69) is 51.1 Å². The van der Waals surface area contributed by atoms with Gasteiger partial charge in [-0.25, -0.2) is 0 Å². The van der Waals surface area contributed by atoms with Crippen molar-refractivity contribution >= 4 is 23.4 Å². The van der Waals surface area contributed by atoms with E-state index in [9.17, 15) is 0 Å². The van der Waals surface area contributed by atoms with E-state index < -0.39 is 0 Å². The van der Waals surface area contributed by atoms with Crippen LogP contribution >= 0.6 is 23.4 Å². The first-order valence-corrected chi connectivity index (χ1v) is 8.37. The fourth-order valence-corrected chi connectivity index (χ4v) is 3.45. The van der Waals surface area contributed by atoms with Crippen LogP contribution in [0.15, 0.2) is 52.3 Å². The van der Waals surface area contributed by atoms with Crippen molar-refractivity contribution in [3.05, 3.63) is 58.6 Å². The number of hydrogen-bond donors (Lipinski definition) is 1.